The van der Waals surface area contributed by atoms with Gasteiger partial charge in [-0.15, -0.1) is 0 Å². The molecule has 1 aliphatic heterocycles. The van der Waals surface area contributed by atoms with Gasteiger partial charge in [0.2, 0.25) is 5.91 Å². The smallest absolute Gasteiger partial charge is 0.227 e. The number of carbonyl (C=O) groups excluding carboxylic acids is 1. The summed E-state index contributed by atoms with van der Waals surface area (Å²) in [5.41, 5.74) is 2.78. The van der Waals surface area contributed by atoms with Gasteiger partial charge in [-0.05, 0) is 48.7 Å². The number of H-pyrrole nitrogens is 1. The first-order valence-electron chi connectivity index (χ1n) is 9.32. The topological polar surface area (TPSA) is 45.3 Å². The van der Waals surface area contributed by atoms with E-state index in [1.54, 1.807) is 25.3 Å². The minimum atomic E-state index is -0.311. The minimum Gasteiger partial charge on any atom is -0.497 e. The highest BCUT2D eigenvalue weighted by Gasteiger charge is 2.25. The minimum absolute atomic E-state index is 0.0000619. The van der Waals surface area contributed by atoms with E-state index < -0.39 is 0 Å². The Morgan fingerprint density at radius 2 is 1.96 bits per heavy atom. The van der Waals surface area contributed by atoms with Crippen molar-refractivity contribution in [3.05, 3.63) is 65.6 Å². The zero-order valence-corrected chi connectivity index (χ0v) is 15.4. The Morgan fingerprint density at radius 1 is 1.19 bits per heavy atom. The second kappa shape index (κ2) is 7.43. The SMILES string of the molecule is COc1ccc2[nH]c(C3CCN(C(=O)Cc4ccccc4F)CC3)cc2c1. The van der Waals surface area contributed by atoms with Gasteiger partial charge in [0, 0.05) is 35.6 Å². The fraction of sp³-hybridized carbons (Fsp3) is 0.318. The number of ether oxygens (including phenoxy) is 1. The molecule has 1 amide bonds. The molecule has 4 rings (SSSR count). The van der Waals surface area contributed by atoms with Gasteiger partial charge >= 0.3 is 0 Å². The van der Waals surface area contributed by atoms with Crippen molar-refractivity contribution < 1.29 is 13.9 Å². The fourth-order valence-electron chi connectivity index (χ4n) is 3.84. The molecule has 1 fully saturated rings. The summed E-state index contributed by atoms with van der Waals surface area (Å²) in [5.74, 6) is 0.941. The van der Waals surface area contributed by atoms with Crippen molar-refractivity contribution in [2.24, 2.45) is 0 Å². The van der Waals surface area contributed by atoms with E-state index >= 15 is 0 Å². The molecule has 4 nitrogen and oxygen atoms in total. The largest absolute Gasteiger partial charge is 0.497 e. The molecular weight excluding hydrogens is 343 g/mol. The first kappa shape index (κ1) is 17.6. The third-order valence-electron chi connectivity index (χ3n) is 5.44. The van der Waals surface area contributed by atoms with E-state index in [9.17, 15) is 9.18 Å². The van der Waals surface area contributed by atoms with Crippen molar-refractivity contribution >= 4 is 16.8 Å². The summed E-state index contributed by atoms with van der Waals surface area (Å²) in [6.07, 6.45) is 1.95. The number of aromatic nitrogens is 1. The molecule has 0 radical (unpaired) electrons. The highest BCUT2D eigenvalue weighted by atomic mass is 19.1. The van der Waals surface area contributed by atoms with E-state index in [0.29, 0.717) is 24.6 Å². The van der Waals surface area contributed by atoms with Gasteiger partial charge in [-0.3, -0.25) is 4.79 Å². The summed E-state index contributed by atoms with van der Waals surface area (Å²) in [6.45, 7) is 1.41. The Labute approximate surface area is 157 Å². The molecule has 1 saturated heterocycles. The lowest BCUT2D eigenvalue weighted by atomic mass is 9.93. The molecule has 0 aliphatic carbocycles. The normalized spacial score (nSPS) is 15.3. The van der Waals surface area contributed by atoms with Crippen LogP contribution in [-0.2, 0) is 11.2 Å². The average Bonchev–Trinajstić information content (AvgIpc) is 3.13. The summed E-state index contributed by atoms with van der Waals surface area (Å²) in [5, 5.41) is 1.14. The summed E-state index contributed by atoms with van der Waals surface area (Å²) in [4.78, 5) is 17.9. The first-order valence-corrected chi connectivity index (χ1v) is 9.32. The number of hydrogen-bond acceptors (Lipinski definition) is 2. The Kier molecular flexibility index (Phi) is 4.84. The van der Waals surface area contributed by atoms with Crippen LogP contribution < -0.4 is 4.74 Å². The zero-order chi connectivity index (χ0) is 18.8. The van der Waals surface area contributed by atoms with Crippen LogP contribution in [0.15, 0.2) is 48.5 Å². The molecule has 2 aromatic carbocycles. The number of nitrogens with zero attached hydrogens (tertiary/aromatic N) is 1. The van der Waals surface area contributed by atoms with Gasteiger partial charge < -0.3 is 14.6 Å². The Hall–Kier alpha value is -2.82. The van der Waals surface area contributed by atoms with Gasteiger partial charge in [0.05, 0.1) is 13.5 Å². The number of carbonyl (C=O) groups is 1. The number of nitrogens with one attached hydrogen (secondary N) is 1. The molecule has 0 bridgehead atoms. The van der Waals surface area contributed by atoms with Crippen molar-refractivity contribution in [2.45, 2.75) is 25.2 Å². The lowest BCUT2D eigenvalue weighted by molar-refractivity contribution is -0.131. The van der Waals surface area contributed by atoms with Crippen LogP contribution >= 0.6 is 0 Å². The van der Waals surface area contributed by atoms with E-state index in [1.807, 2.05) is 23.1 Å². The van der Waals surface area contributed by atoms with Crippen LogP contribution in [0.1, 0.15) is 30.0 Å². The lowest BCUT2D eigenvalue weighted by Gasteiger charge is -2.31. The second-order valence-electron chi connectivity index (χ2n) is 7.10. The highest BCUT2D eigenvalue weighted by Crippen LogP contribution is 2.31. The van der Waals surface area contributed by atoms with Crippen molar-refractivity contribution in [3.8, 4) is 5.75 Å². The Balaban J connectivity index is 1.40. The van der Waals surface area contributed by atoms with Crippen molar-refractivity contribution in [1.82, 2.24) is 9.88 Å². The van der Waals surface area contributed by atoms with Crippen molar-refractivity contribution in [1.29, 1.82) is 0 Å². The van der Waals surface area contributed by atoms with E-state index in [2.05, 4.69) is 11.1 Å². The van der Waals surface area contributed by atoms with E-state index in [1.165, 1.54) is 11.8 Å². The van der Waals surface area contributed by atoms with Crippen LogP contribution in [0.2, 0.25) is 0 Å². The lowest BCUT2D eigenvalue weighted by Crippen LogP contribution is -2.39. The third-order valence-corrected chi connectivity index (χ3v) is 5.44. The van der Waals surface area contributed by atoms with Gasteiger partial charge in [0.1, 0.15) is 11.6 Å². The van der Waals surface area contributed by atoms with Crippen LogP contribution in [0.25, 0.3) is 10.9 Å². The van der Waals surface area contributed by atoms with Crippen LogP contribution in [0.4, 0.5) is 4.39 Å². The summed E-state index contributed by atoms with van der Waals surface area (Å²) >= 11 is 0. The Bertz CT molecular complexity index is 958. The van der Waals surface area contributed by atoms with Gasteiger partial charge in [-0.25, -0.2) is 4.39 Å². The molecule has 0 saturated carbocycles. The molecule has 0 spiro atoms. The summed E-state index contributed by atoms with van der Waals surface area (Å²) in [6, 6.07) is 14.7. The van der Waals surface area contributed by atoms with Crippen LogP contribution in [0, 0.1) is 5.82 Å². The molecule has 3 aromatic rings. The van der Waals surface area contributed by atoms with Crippen molar-refractivity contribution in [2.75, 3.05) is 20.2 Å². The number of fused-ring (bicyclic) bond motifs is 1. The number of halogens is 1. The molecule has 1 aliphatic rings. The molecule has 2 heterocycles. The molecular formula is C22H23FN2O2. The second-order valence-corrected chi connectivity index (χ2v) is 7.10. The number of piperidine rings is 1. The van der Waals surface area contributed by atoms with Crippen molar-refractivity contribution in [3.63, 3.8) is 0 Å². The van der Waals surface area contributed by atoms with Gasteiger partial charge in [0.15, 0.2) is 0 Å². The molecule has 140 valence electrons. The molecule has 5 heteroatoms. The maximum absolute atomic E-state index is 13.8. The number of rotatable bonds is 4. The number of likely N-dealkylation sites (tertiary alicyclic amines) is 1. The van der Waals surface area contributed by atoms with E-state index in [-0.39, 0.29) is 18.1 Å². The fourth-order valence-corrected chi connectivity index (χ4v) is 3.84. The number of amides is 1. The average molecular weight is 366 g/mol. The van der Waals surface area contributed by atoms with E-state index in [0.717, 1.165) is 29.5 Å². The summed E-state index contributed by atoms with van der Waals surface area (Å²) in [7, 11) is 1.67. The standard InChI is InChI=1S/C22H23FN2O2/c1-27-18-6-7-20-17(12-18)13-21(24-20)15-8-10-25(11-9-15)22(26)14-16-4-2-3-5-19(16)23/h2-7,12-13,15,24H,8-11,14H2,1H3. The number of benzene rings is 2. The number of hydrogen-bond donors (Lipinski definition) is 1. The molecule has 1 N–H and O–H groups in total. The predicted octanol–water partition coefficient (Wildman–Crippen LogP) is 4.26. The zero-order valence-electron chi connectivity index (χ0n) is 15.4. The van der Waals surface area contributed by atoms with E-state index in [4.69, 9.17) is 4.74 Å². The quantitative estimate of drug-likeness (QED) is 0.750. The molecule has 0 atom stereocenters. The van der Waals surface area contributed by atoms with Crippen LogP contribution in [-0.4, -0.2) is 36.0 Å². The summed E-state index contributed by atoms with van der Waals surface area (Å²) < 4.78 is 19.1. The first-order chi connectivity index (χ1) is 13.1. The molecule has 27 heavy (non-hydrogen) atoms. The maximum atomic E-state index is 13.8. The third kappa shape index (κ3) is 3.68. The predicted molar refractivity (Wildman–Crippen MR) is 104 cm³/mol. The molecule has 0 unspecified atom stereocenters. The molecule has 1 aromatic heterocycles. The maximum Gasteiger partial charge on any atom is 0.227 e. The highest BCUT2D eigenvalue weighted by molar-refractivity contribution is 5.82. The monoisotopic (exact) mass is 366 g/mol. The van der Waals surface area contributed by atoms with Gasteiger partial charge in [-0.1, -0.05) is 18.2 Å². The van der Waals surface area contributed by atoms with Gasteiger partial charge in [0.25, 0.3) is 0 Å². The number of methoxy groups -OCH3 is 1. The number of aromatic amines is 1. The van der Waals surface area contributed by atoms with Gasteiger partial charge in [-0.2, -0.15) is 0 Å². The van der Waals surface area contributed by atoms with Crippen LogP contribution in [0.5, 0.6) is 5.75 Å². The Morgan fingerprint density at radius 3 is 2.70 bits per heavy atom. The van der Waals surface area contributed by atoms with Crippen LogP contribution in [0.3, 0.4) is 0 Å².